The van der Waals surface area contributed by atoms with Crippen LogP contribution in [0.2, 0.25) is 0 Å². The molecule has 2 aromatic rings. The maximum absolute atomic E-state index is 4.14. The normalized spacial score (nSPS) is 17.6. The highest BCUT2D eigenvalue weighted by Gasteiger charge is 2.26. The number of likely N-dealkylation sites (tertiary alicyclic amines) is 1. The van der Waals surface area contributed by atoms with Gasteiger partial charge < -0.3 is 0 Å². The second kappa shape index (κ2) is 11.2. The van der Waals surface area contributed by atoms with E-state index in [4.69, 9.17) is 0 Å². The van der Waals surface area contributed by atoms with Gasteiger partial charge in [-0.05, 0) is 36.9 Å². The highest BCUT2D eigenvalue weighted by molar-refractivity contribution is 5.22. The molecule has 27 heavy (non-hydrogen) atoms. The van der Waals surface area contributed by atoms with E-state index in [1.54, 1.807) is 0 Å². The second-order valence-electron chi connectivity index (χ2n) is 8.03. The summed E-state index contributed by atoms with van der Waals surface area (Å²) in [5.41, 5.74) is 2.89. The molecule has 1 aliphatic rings. The van der Waals surface area contributed by atoms with Crippen molar-refractivity contribution in [3.63, 3.8) is 0 Å². The van der Waals surface area contributed by atoms with Crippen LogP contribution in [0.5, 0.6) is 0 Å². The Balaban J connectivity index is 1.31. The first-order chi connectivity index (χ1) is 13.3. The SMILES string of the molecule is CCCCCCCCCCc1ccc(CN2CCC(c3nn[nH]n3)C2)cc1. The van der Waals surface area contributed by atoms with Gasteiger partial charge in [-0.15, -0.1) is 10.2 Å². The van der Waals surface area contributed by atoms with Crippen LogP contribution in [0.3, 0.4) is 0 Å². The lowest BCUT2D eigenvalue weighted by molar-refractivity contribution is 0.325. The number of aromatic nitrogens is 4. The Morgan fingerprint density at radius 2 is 1.67 bits per heavy atom. The average Bonchev–Trinajstić information content (AvgIpc) is 3.37. The second-order valence-corrected chi connectivity index (χ2v) is 8.03. The number of hydrogen-bond donors (Lipinski definition) is 1. The number of aromatic amines is 1. The van der Waals surface area contributed by atoms with E-state index in [-0.39, 0.29) is 0 Å². The highest BCUT2D eigenvalue weighted by atomic mass is 15.5. The van der Waals surface area contributed by atoms with Crippen molar-refractivity contribution in [1.82, 2.24) is 25.5 Å². The van der Waals surface area contributed by atoms with E-state index < -0.39 is 0 Å². The van der Waals surface area contributed by atoms with Crippen molar-refractivity contribution < 1.29 is 0 Å². The molecule has 1 unspecified atom stereocenters. The number of hydrogen-bond acceptors (Lipinski definition) is 4. The molecule has 0 spiro atoms. The van der Waals surface area contributed by atoms with Crippen molar-refractivity contribution in [2.24, 2.45) is 0 Å². The number of aryl methyl sites for hydroxylation is 1. The molecule has 0 radical (unpaired) electrons. The Labute approximate surface area is 163 Å². The largest absolute Gasteiger partial charge is 0.298 e. The number of nitrogens with zero attached hydrogens (tertiary/aromatic N) is 4. The van der Waals surface area contributed by atoms with Gasteiger partial charge in [-0.25, -0.2) is 0 Å². The van der Waals surface area contributed by atoms with Crippen LogP contribution in [0.25, 0.3) is 0 Å². The van der Waals surface area contributed by atoms with E-state index in [2.05, 4.69) is 56.7 Å². The third-order valence-electron chi connectivity index (χ3n) is 5.75. The summed E-state index contributed by atoms with van der Waals surface area (Å²) >= 11 is 0. The van der Waals surface area contributed by atoms with Gasteiger partial charge in [0, 0.05) is 19.0 Å². The quantitative estimate of drug-likeness (QED) is 0.542. The van der Waals surface area contributed by atoms with Crippen LogP contribution in [-0.2, 0) is 13.0 Å². The summed E-state index contributed by atoms with van der Waals surface area (Å²) in [7, 11) is 0. The van der Waals surface area contributed by atoms with Gasteiger partial charge in [-0.3, -0.25) is 4.90 Å². The molecule has 5 nitrogen and oxygen atoms in total. The molecule has 1 N–H and O–H groups in total. The third kappa shape index (κ3) is 6.73. The summed E-state index contributed by atoms with van der Waals surface area (Å²) in [6.45, 7) is 5.44. The average molecular weight is 370 g/mol. The molecule has 0 saturated carbocycles. The van der Waals surface area contributed by atoms with Crippen molar-refractivity contribution in [3.8, 4) is 0 Å². The molecule has 5 heteroatoms. The molecule has 148 valence electrons. The smallest absolute Gasteiger partial charge is 0.178 e. The summed E-state index contributed by atoms with van der Waals surface area (Å²) in [6, 6.07) is 9.26. The zero-order chi connectivity index (χ0) is 18.7. The molecule has 0 bridgehead atoms. The Morgan fingerprint density at radius 1 is 0.963 bits per heavy atom. The number of H-pyrrole nitrogens is 1. The fourth-order valence-corrected chi connectivity index (χ4v) is 4.06. The fourth-order valence-electron chi connectivity index (χ4n) is 4.06. The van der Waals surface area contributed by atoms with Gasteiger partial charge in [0.15, 0.2) is 5.82 Å². The zero-order valence-corrected chi connectivity index (χ0v) is 16.9. The predicted octanol–water partition coefficient (Wildman–Crippen LogP) is 4.87. The number of unbranched alkanes of at least 4 members (excludes halogenated alkanes) is 7. The molecule has 2 heterocycles. The van der Waals surface area contributed by atoms with E-state index in [0.717, 1.165) is 31.9 Å². The van der Waals surface area contributed by atoms with Gasteiger partial charge in [0.1, 0.15) is 0 Å². The Morgan fingerprint density at radius 3 is 2.37 bits per heavy atom. The van der Waals surface area contributed by atoms with E-state index in [0.29, 0.717) is 5.92 Å². The van der Waals surface area contributed by atoms with E-state index in [1.807, 2.05) is 0 Å². The van der Waals surface area contributed by atoms with Crippen LogP contribution in [-0.4, -0.2) is 38.6 Å². The molecule has 3 rings (SSSR count). The minimum absolute atomic E-state index is 0.421. The maximum atomic E-state index is 4.14. The van der Waals surface area contributed by atoms with Crippen LogP contribution >= 0.6 is 0 Å². The number of rotatable bonds is 12. The first-order valence-corrected chi connectivity index (χ1v) is 10.9. The van der Waals surface area contributed by atoms with Crippen LogP contribution in [0.15, 0.2) is 24.3 Å². The standard InChI is InChI=1S/C22H35N5/c1-2-3-4-5-6-7-8-9-10-19-11-13-20(14-12-19)17-27-16-15-21(18-27)22-23-25-26-24-22/h11-14,21H,2-10,15-18H2,1H3,(H,23,24,25,26). The van der Waals surface area contributed by atoms with E-state index in [1.165, 1.54) is 68.9 Å². The van der Waals surface area contributed by atoms with Crippen molar-refractivity contribution in [1.29, 1.82) is 0 Å². The lowest BCUT2D eigenvalue weighted by Crippen LogP contribution is -2.20. The Kier molecular flexibility index (Phi) is 8.28. The van der Waals surface area contributed by atoms with Crippen LogP contribution in [0.4, 0.5) is 0 Å². The Hall–Kier alpha value is -1.75. The van der Waals surface area contributed by atoms with Gasteiger partial charge in [-0.2, -0.15) is 5.21 Å². The van der Waals surface area contributed by atoms with Gasteiger partial charge in [0.25, 0.3) is 0 Å². The molecule has 1 aliphatic heterocycles. The predicted molar refractivity (Wildman–Crippen MR) is 110 cm³/mol. The summed E-state index contributed by atoms with van der Waals surface area (Å²) in [5, 5.41) is 14.5. The van der Waals surface area contributed by atoms with Crippen LogP contribution < -0.4 is 0 Å². The molecule has 1 saturated heterocycles. The van der Waals surface area contributed by atoms with Gasteiger partial charge in [0.2, 0.25) is 0 Å². The summed E-state index contributed by atoms with van der Waals surface area (Å²) in [4.78, 5) is 2.49. The number of tetrazole rings is 1. The first-order valence-electron chi connectivity index (χ1n) is 10.9. The molecule has 1 aromatic carbocycles. The topological polar surface area (TPSA) is 57.7 Å². The lowest BCUT2D eigenvalue weighted by Gasteiger charge is -2.15. The van der Waals surface area contributed by atoms with Crippen molar-refractivity contribution in [3.05, 3.63) is 41.2 Å². The summed E-state index contributed by atoms with van der Waals surface area (Å²) in [6.07, 6.45) is 13.4. The zero-order valence-electron chi connectivity index (χ0n) is 16.9. The van der Waals surface area contributed by atoms with Crippen molar-refractivity contribution >= 4 is 0 Å². The number of benzene rings is 1. The lowest BCUT2D eigenvalue weighted by atomic mass is 10.0. The minimum atomic E-state index is 0.421. The highest BCUT2D eigenvalue weighted by Crippen LogP contribution is 2.25. The fraction of sp³-hybridized carbons (Fsp3) is 0.682. The number of nitrogens with one attached hydrogen (secondary N) is 1. The van der Waals surface area contributed by atoms with Crippen LogP contribution in [0.1, 0.15) is 87.6 Å². The molecular formula is C22H35N5. The van der Waals surface area contributed by atoms with Crippen LogP contribution in [0, 0.1) is 0 Å². The maximum Gasteiger partial charge on any atom is 0.178 e. The molecule has 1 atom stereocenters. The van der Waals surface area contributed by atoms with Gasteiger partial charge in [0.05, 0.1) is 0 Å². The van der Waals surface area contributed by atoms with Crippen molar-refractivity contribution in [2.75, 3.05) is 13.1 Å². The molecule has 1 aromatic heterocycles. The summed E-state index contributed by atoms with van der Waals surface area (Å²) in [5.74, 6) is 1.28. The monoisotopic (exact) mass is 369 g/mol. The Bertz CT molecular complexity index is 623. The van der Waals surface area contributed by atoms with E-state index >= 15 is 0 Å². The summed E-state index contributed by atoms with van der Waals surface area (Å²) < 4.78 is 0. The van der Waals surface area contributed by atoms with Gasteiger partial charge >= 0.3 is 0 Å². The molecule has 0 amide bonds. The molecule has 1 fully saturated rings. The molecular weight excluding hydrogens is 334 g/mol. The molecule has 0 aliphatic carbocycles. The van der Waals surface area contributed by atoms with Crippen molar-refractivity contribution in [2.45, 2.75) is 83.6 Å². The van der Waals surface area contributed by atoms with Gasteiger partial charge in [-0.1, -0.05) is 81.3 Å². The third-order valence-corrected chi connectivity index (χ3v) is 5.75. The first kappa shape index (κ1) is 20.0. The van der Waals surface area contributed by atoms with E-state index in [9.17, 15) is 0 Å². The minimum Gasteiger partial charge on any atom is -0.298 e.